The molecule has 0 aromatic heterocycles. The molecule has 3 N–H and O–H groups in total. The zero-order chi connectivity index (χ0) is 19.8. The second kappa shape index (κ2) is 10.0. The fraction of sp³-hybridized carbons (Fsp3) is 0.158. The van der Waals surface area contributed by atoms with Gasteiger partial charge in [-0.05, 0) is 48.7 Å². The number of phenolic OH excluding ortho intramolecular Hbond substituents is 1. The maximum Gasteiger partial charge on any atom is 0.412 e. The number of thioether (sulfide) groups is 1. The summed E-state index contributed by atoms with van der Waals surface area (Å²) in [6.45, 7) is 0. The maximum absolute atomic E-state index is 12.3. The lowest BCUT2D eigenvalue weighted by atomic mass is 10.1. The zero-order valence-corrected chi connectivity index (χ0v) is 16.8. The summed E-state index contributed by atoms with van der Waals surface area (Å²) in [5.74, 6) is -1.16. The number of halogens is 1. The fourth-order valence-electron chi connectivity index (χ4n) is 2.27. The van der Waals surface area contributed by atoms with Crippen LogP contribution in [0, 0.1) is 0 Å². The Morgan fingerprint density at radius 1 is 1.26 bits per heavy atom. The van der Waals surface area contributed by atoms with Crippen LogP contribution in [-0.2, 0) is 9.53 Å². The Morgan fingerprint density at radius 3 is 2.59 bits per heavy atom. The van der Waals surface area contributed by atoms with Crippen LogP contribution in [0.1, 0.15) is 18.1 Å². The Hall–Kier alpha value is -2.45. The highest BCUT2D eigenvalue weighted by Crippen LogP contribution is 2.32. The van der Waals surface area contributed by atoms with Crippen LogP contribution in [0.15, 0.2) is 64.0 Å². The minimum atomic E-state index is -1.11. The summed E-state index contributed by atoms with van der Waals surface area (Å²) in [7, 11) is 0. The van der Waals surface area contributed by atoms with E-state index in [4.69, 9.17) is 9.84 Å². The van der Waals surface area contributed by atoms with E-state index in [0.29, 0.717) is 15.7 Å². The van der Waals surface area contributed by atoms with Crippen LogP contribution in [-0.4, -0.2) is 28.5 Å². The van der Waals surface area contributed by atoms with Gasteiger partial charge < -0.3 is 14.9 Å². The van der Waals surface area contributed by atoms with Crippen molar-refractivity contribution in [2.75, 3.05) is 11.6 Å². The quantitative estimate of drug-likeness (QED) is 0.395. The van der Waals surface area contributed by atoms with Gasteiger partial charge in [0.15, 0.2) is 0 Å². The number of phenols is 1. The molecule has 8 heteroatoms. The molecule has 0 unspecified atom stereocenters. The summed E-state index contributed by atoms with van der Waals surface area (Å²) in [6, 6.07) is 12.0. The standard InChI is InChI=1S/C19H18BrNO5S/c1-27-14-8-6-13(7-9-14)21-19(25)26-17(3-2-4-18(23)24)15-11-12(20)5-10-16(15)22/h2,4-11,17,22H,3H2,1H3,(H,21,25)(H,23,24)/b4-2+/t17-/m0/s1. The summed E-state index contributed by atoms with van der Waals surface area (Å²) >= 11 is 4.90. The van der Waals surface area contributed by atoms with Crippen molar-refractivity contribution < 1.29 is 24.5 Å². The van der Waals surface area contributed by atoms with Crippen LogP contribution in [0.5, 0.6) is 5.75 Å². The smallest absolute Gasteiger partial charge is 0.412 e. The molecule has 2 aromatic carbocycles. The molecule has 0 saturated carbocycles. The van der Waals surface area contributed by atoms with E-state index in [1.165, 1.54) is 12.1 Å². The van der Waals surface area contributed by atoms with Gasteiger partial charge >= 0.3 is 12.1 Å². The molecule has 0 spiro atoms. The van der Waals surface area contributed by atoms with Crippen molar-refractivity contribution in [1.29, 1.82) is 0 Å². The lowest BCUT2D eigenvalue weighted by Gasteiger charge is -2.19. The lowest BCUT2D eigenvalue weighted by molar-refractivity contribution is -0.131. The number of nitrogens with one attached hydrogen (secondary N) is 1. The molecule has 0 fully saturated rings. The molecule has 6 nitrogen and oxygen atoms in total. The highest BCUT2D eigenvalue weighted by molar-refractivity contribution is 9.10. The minimum absolute atomic E-state index is 0.0518. The summed E-state index contributed by atoms with van der Waals surface area (Å²) in [4.78, 5) is 24.0. The average molecular weight is 452 g/mol. The number of amides is 1. The van der Waals surface area contributed by atoms with Crippen LogP contribution in [0.4, 0.5) is 10.5 Å². The largest absolute Gasteiger partial charge is 0.508 e. The second-order valence-electron chi connectivity index (χ2n) is 5.43. The second-order valence-corrected chi connectivity index (χ2v) is 7.22. The third-order valence-electron chi connectivity index (χ3n) is 3.53. The molecule has 0 heterocycles. The van der Waals surface area contributed by atoms with Crippen LogP contribution in [0.25, 0.3) is 0 Å². The van der Waals surface area contributed by atoms with E-state index in [1.54, 1.807) is 36.0 Å². The predicted octanol–water partition coefficient (Wildman–Crippen LogP) is 5.20. The van der Waals surface area contributed by atoms with E-state index in [9.17, 15) is 14.7 Å². The number of aromatic hydroxyl groups is 1. The molecule has 27 heavy (non-hydrogen) atoms. The number of rotatable bonds is 7. The number of carbonyl (C=O) groups is 2. The summed E-state index contributed by atoms with van der Waals surface area (Å²) in [5, 5.41) is 21.5. The highest BCUT2D eigenvalue weighted by Gasteiger charge is 2.20. The van der Waals surface area contributed by atoms with Gasteiger partial charge in [0.1, 0.15) is 11.9 Å². The van der Waals surface area contributed by atoms with Gasteiger partial charge in [0, 0.05) is 33.1 Å². The molecule has 1 atom stereocenters. The van der Waals surface area contributed by atoms with Gasteiger partial charge in [-0.1, -0.05) is 22.0 Å². The zero-order valence-electron chi connectivity index (χ0n) is 14.4. The number of hydrogen-bond acceptors (Lipinski definition) is 5. The first-order valence-electron chi connectivity index (χ1n) is 7.88. The van der Waals surface area contributed by atoms with Crippen LogP contribution < -0.4 is 5.32 Å². The molecule has 2 aromatic rings. The molecule has 0 bridgehead atoms. The van der Waals surface area contributed by atoms with Crippen molar-refractivity contribution >= 4 is 45.4 Å². The number of benzene rings is 2. The molecule has 0 saturated heterocycles. The van der Waals surface area contributed by atoms with Crippen molar-refractivity contribution in [1.82, 2.24) is 0 Å². The van der Waals surface area contributed by atoms with Crippen molar-refractivity contribution in [3.05, 3.63) is 64.7 Å². The third-order valence-corrected chi connectivity index (χ3v) is 4.77. The summed E-state index contributed by atoms with van der Waals surface area (Å²) in [6.07, 6.45) is 2.81. The minimum Gasteiger partial charge on any atom is -0.508 e. The first kappa shape index (κ1) is 20.9. The van der Waals surface area contributed by atoms with Gasteiger partial charge in [-0.15, -0.1) is 11.8 Å². The van der Waals surface area contributed by atoms with E-state index in [1.807, 2.05) is 18.4 Å². The fourth-order valence-corrected chi connectivity index (χ4v) is 3.05. The van der Waals surface area contributed by atoms with Gasteiger partial charge in [-0.3, -0.25) is 5.32 Å². The molecule has 142 valence electrons. The Bertz CT molecular complexity index is 838. The monoisotopic (exact) mass is 451 g/mol. The Balaban J connectivity index is 2.15. The molecule has 0 aliphatic rings. The first-order chi connectivity index (χ1) is 12.9. The highest BCUT2D eigenvalue weighted by atomic mass is 79.9. The van der Waals surface area contributed by atoms with E-state index < -0.39 is 18.2 Å². The summed E-state index contributed by atoms with van der Waals surface area (Å²) < 4.78 is 6.13. The Labute approximate surface area is 169 Å². The number of aliphatic carboxylic acids is 1. The van der Waals surface area contributed by atoms with Gasteiger partial charge in [0.05, 0.1) is 0 Å². The molecule has 0 radical (unpaired) electrons. The van der Waals surface area contributed by atoms with Crippen LogP contribution >= 0.6 is 27.7 Å². The van der Waals surface area contributed by atoms with E-state index >= 15 is 0 Å². The SMILES string of the molecule is CSc1ccc(NC(=O)O[C@@H](C/C=C/C(=O)O)c2cc(Br)ccc2O)cc1. The summed E-state index contributed by atoms with van der Waals surface area (Å²) in [5.41, 5.74) is 0.934. The van der Waals surface area contributed by atoms with Crippen LogP contribution in [0.2, 0.25) is 0 Å². The predicted molar refractivity (Wildman–Crippen MR) is 108 cm³/mol. The number of anilines is 1. The molecule has 1 amide bonds. The van der Waals surface area contributed by atoms with Crippen LogP contribution in [0.3, 0.4) is 0 Å². The average Bonchev–Trinajstić information content (AvgIpc) is 2.63. The topological polar surface area (TPSA) is 95.9 Å². The molecular weight excluding hydrogens is 434 g/mol. The first-order valence-corrected chi connectivity index (χ1v) is 9.90. The number of carbonyl (C=O) groups excluding carboxylic acids is 1. The van der Waals surface area contributed by atoms with Crippen molar-refractivity contribution in [3.8, 4) is 5.75 Å². The molecule has 0 aliphatic heterocycles. The lowest BCUT2D eigenvalue weighted by Crippen LogP contribution is -2.17. The Morgan fingerprint density at radius 2 is 1.96 bits per heavy atom. The number of carboxylic acid groups (broad SMARTS) is 1. The third kappa shape index (κ3) is 6.65. The number of ether oxygens (including phenoxy) is 1. The van der Waals surface area contributed by atoms with E-state index in [2.05, 4.69) is 21.2 Å². The van der Waals surface area contributed by atoms with E-state index in [0.717, 1.165) is 11.0 Å². The molecule has 0 aliphatic carbocycles. The van der Waals surface area contributed by atoms with E-state index in [-0.39, 0.29) is 12.2 Å². The van der Waals surface area contributed by atoms with Crippen molar-refractivity contribution in [2.24, 2.45) is 0 Å². The normalized spacial score (nSPS) is 11.9. The number of hydrogen-bond donors (Lipinski definition) is 3. The van der Waals surface area contributed by atoms with Crippen molar-refractivity contribution in [2.45, 2.75) is 17.4 Å². The van der Waals surface area contributed by atoms with Gasteiger partial charge in [0.25, 0.3) is 0 Å². The molecular formula is C19H18BrNO5S. The maximum atomic E-state index is 12.3. The van der Waals surface area contributed by atoms with Crippen molar-refractivity contribution in [3.63, 3.8) is 0 Å². The van der Waals surface area contributed by atoms with Gasteiger partial charge in [0.2, 0.25) is 0 Å². The number of carboxylic acids is 1. The molecule has 2 rings (SSSR count). The van der Waals surface area contributed by atoms with Gasteiger partial charge in [-0.2, -0.15) is 0 Å². The van der Waals surface area contributed by atoms with Gasteiger partial charge in [-0.25, -0.2) is 9.59 Å². The Kier molecular flexibility index (Phi) is 7.75.